The molecule has 1 N–H and O–H groups in total. The molecule has 1 unspecified atom stereocenters. The zero-order valence-electron chi connectivity index (χ0n) is 11.4. The molecule has 2 nitrogen and oxygen atoms in total. The highest BCUT2D eigenvalue weighted by Gasteiger charge is 2.35. The molecule has 0 bridgehead atoms. The third-order valence-corrected chi connectivity index (χ3v) is 4.25. The molecule has 0 saturated heterocycles. The molecule has 0 aromatic carbocycles. The lowest BCUT2D eigenvalue weighted by atomic mass is 9.87. The van der Waals surface area contributed by atoms with E-state index in [0.29, 0.717) is 11.5 Å². The summed E-state index contributed by atoms with van der Waals surface area (Å²) in [5, 5.41) is 3.75. The van der Waals surface area contributed by atoms with Crippen LogP contribution in [0, 0.1) is 5.41 Å². The van der Waals surface area contributed by atoms with Crippen molar-refractivity contribution >= 4 is 0 Å². The van der Waals surface area contributed by atoms with Crippen molar-refractivity contribution in [2.75, 3.05) is 20.6 Å². The lowest BCUT2D eigenvalue weighted by molar-refractivity contribution is 0.169. The first-order chi connectivity index (χ1) is 6.76. The highest BCUT2D eigenvalue weighted by Crippen LogP contribution is 2.37. The van der Waals surface area contributed by atoms with Crippen molar-refractivity contribution in [1.29, 1.82) is 0 Å². The van der Waals surface area contributed by atoms with Gasteiger partial charge in [0.25, 0.3) is 0 Å². The number of likely N-dealkylation sites (N-methyl/N-ethyl adjacent to an activating group) is 1. The van der Waals surface area contributed by atoms with E-state index in [4.69, 9.17) is 0 Å². The van der Waals surface area contributed by atoms with Gasteiger partial charge in [-0.2, -0.15) is 0 Å². The molecule has 2 heteroatoms. The second-order valence-electron chi connectivity index (χ2n) is 6.52. The first-order valence-corrected chi connectivity index (χ1v) is 6.16. The average molecular weight is 212 g/mol. The predicted octanol–water partition coefficient (Wildman–Crippen LogP) is 2.49. The van der Waals surface area contributed by atoms with Gasteiger partial charge in [0.15, 0.2) is 0 Å². The van der Waals surface area contributed by atoms with Crippen molar-refractivity contribution in [3.05, 3.63) is 0 Å². The van der Waals surface area contributed by atoms with Gasteiger partial charge in [-0.05, 0) is 46.2 Å². The Morgan fingerprint density at radius 2 is 1.93 bits per heavy atom. The minimum absolute atomic E-state index is 0.249. The molecule has 90 valence electrons. The van der Waals surface area contributed by atoms with Crippen LogP contribution in [-0.4, -0.2) is 37.1 Å². The van der Waals surface area contributed by atoms with Crippen LogP contribution in [0.2, 0.25) is 0 Å². The molecule has 1 aliphatic carbocycles. The zero-order chi connectivity index (χ0) is 11.7. The van der Waals surface area contributed by atoms with Crippen molar-refractivity contribution in [1.82, 2.24) is 10.2 Å². The normalized spacial score (nSPS) is 26.2. The third-order valence-electron chi connectivity index (χ3n) is 4.25. The van der Waals surface area contributed by atoms with Crippen LogP contribution < -0.4 is 5.32 Å². The first kappa shape index (κ1) is 13.0. The Morgan fingerprint density at radius 1 is 1.33 bits per heavy atom. The number of hydrogen-bond donors (Lipinski definition) is 1. The van der Waals surface area contributed by atoms with E-state index in [1.807, 2.05) is 0 Å². The Kier molecular flexibility index (Phi) is 3.83. The van der Waals surface area contributed by atoms with Crippen LogP contribution in [0.3, 0.4) is 0 Å². The molecule has 1 saturated carbocycles. The number of rotatable bonds is 4. The van der Waals surface area contributed by atoms with E-state index in [2.05, 4.69) is 52.0 Å². The summed E-state index contributed by atoms with van der Waals surface area (Å²) < 4.78 is 0. The molecule has 0 radical (unpaired) electrons. The van der Waals surface area contributed by atoms with Gasteiger partial charge in [0.1, 0.15) is 0 Å². The van der Waals surface area contributed by atoms with Gasteiger partial charge in [-0.1, -0.05) is 20.3 Å². The fourth-order valence-electron chi connectivity index (χ4n) is 2.24. The quantitative estimate of drug-likeness (QED) is 0.770. The Bertz CT molecular complexity index is 207. The van der Waals surface area contributed by atoms with Crippen molar-refractivity contribution in [2.45, 2.75) is 58.5 Å². The van der Waals surface area contributed by atoms with Gasteiger partial charge in [0, 0.05) is 18.1 Å². The molecule has 0 aliphatic heterocycles. The molecular weight excluding hydrogens is 184 g/mol. The predicted molar refractivity (Wildman–Crippen MR) is 67.2 cm³/mol. The largest absolute Gasteiger partial charge is 0.312 e. The zero-order valence-corrected chi connectivity index (χ0v) is 11.4. The van der Waals surface area contributed by atoms with Crippen molar-refractivity contribution < 1.29 is 0 Å². The van der Waals surface area contributed by atoms with E-state index in [1.54, 1.807) is 0 Å². The summed E-state index contributed by atoms with van der Waals surface area (Å²) in [6.45, 7) is 10.4. The SMILES string of the molecule is CN(C)C(C)(C)CNC1CCCC1(C)C. The summed E-state index contributed by atoms with van der Waals surface area (Å²) in [7, 11) is 4.31. The maximum absolute atomic E-state index is 3.75. The van der Waals surface area contributed by atoms with E-state index in [0.717, 1.165) is 6.54 Å². The summed E-state index contributed by atoms with van der Waals surface area (Å²) in [4.78, 5) is 2.29. The Labute approximate surface area is 95.4 Å². The highest BCUT2D eigenvalue weighted by molar-refractivity contribution is 4.92. The van der Waals surface area contributed by atoms with Crippen LogP contribution in [0.4, 0.5) is 0 Å². The van der Waals surface area contributed by atoms with Crippen LogP contribution in [0.25, 0.3) is 0 Å². The van der Waals surface area contributed by atoms with Gasteiger partial charge in [-0.15, -0.1) is 0 Å². The van der Waals surface area contributed by atoms with Crippen LogP contribution in [-0.2, 0) is 0 Å². The van der Waals surface area contributed by atoms with Gasteiger partial charge < -0.3 is 10.2 Å². The van der Waals surface area contributed by atoms with E-state index >= 15 is 0 Å². The molecule has 1 aliphatic rings. The summed E-state index contributed by atoms with van der Waals surface area (Å²) >= 11 is 0. The fourth-order valence-corrected chi connectivity index (χ4v) is 2.24. The number of hydrogen-bond acceptors (Lipinski definition) is 2. The average Bonchev–Trinajstić information content (AvgIpc) is 2.41. The molecule has 0 aromatic heterocycles. The lowest BCUT2D eigenvalue weighted by Gasteiger charge is -2.36. The first-order valence-electron chi connectivity index (χ1n) is 6.16. The maximum atomic E-state index is 3.75. The monoisotopic (exact) mass is 212 g/mol. The third kappa shape index (κ3) is 3.18. The van der Waals surface area contributed by atoms with Gasteiger partial charge in [-0.3, -0.25) is 0 Å². The molecule has 1 atom stereocenters. The molecule has 0 heterocycles. The van der Waals surface area contributed by atoms with Gasteiger partial charge >= 0.3 is 0 Å². The highest BCUT2D eigenvalue weighted by atomic mass is 15.2. The minimum atomic E-state index is 0.249. The summed E-state index contributed by atoms with van der Waals surface area (Å²) in [5.74, 6) is 0. The van der Waals surface area contributed by atoms with E-state index in [-0.39, 0.29) is 5.54 Å². The van der Waals surface area contributed by atoms with Crippen molar-refractivity contribution in [2.24, 2.45) is 5.41 Å². The molecule has 1 fully saturated rings. The molecule has 1 rings (SSSR count). The Morgan fingerprint density at radius 3 is 2.33 bits per heavy atom. The molecular formula is C13H28N2. The van der Waals surface area contributed by atoms with Crippen molar-refractivity contribution in [3.63, 3.8) is 0 Å². The van der Waals surface area contributed by atoms with Gasteiger partial charge in [0.05, 0.1) is 0 Å². The second kappa shape index (κ2) is 4.42. The maximum Gasteiger partial charge on any atom is 0.0271 e. The summed E-state index contributed by atoms with van der Waals surface area (Å²) in [6, 6.07) is 0.705. The Hall–Kier alpha value is -0.0800. The Balaban J connectivity index is 2.44. The smallest absolute Gasteiger partial charge is 0.0271 e. The van der Waals surface area contributed by atoms with Gasteiger partial charge in [-0.25, -0.2) is 0 Å². The van der Waals surface area contributed by atoms with Gasteiger partial charge in [0.2, 0.25) is 0 Å². The van der Waals surface area contributed by atoms with Crippen LogP contribution in [0.15, 0.2) is 0 Å². The summed E-state index contributed by atoms with van der Waals surface area (Å²) in [6.07, 6.45) is 4.09. The molecule has 0 amide bonds. The lowest BCUT2D eigenvalue weighted by Crippen LogP contribution is -2.51. The van der Waals surface area contributed by atoms with Crippen molar-refractivity contribution in [3.8, 4) is 0 Å². The standard InChI is InChI=1S/C13H28N2/c1-12(2)9-7-8-11(12)14-10-13(3,4)15(5)6/h11,14H,7-10H2,1-6H3. The minimum Gasteiger partial charge on any atom is -0.312 e. The topological polar surface area (TPSA) is 15.3 Å². The molecule has 0 spiro atoms. The number of nitrogens with one attached hydrogen (secondary N) is 1. The van der Waals surface area contributed by atoms with E-state index < -0.39 is 0 Å². The summed E-state index contributed by atoms with van der Waals surface area (Å²) in [5.41, 5.74) is 0.737. The fraction of sp³-hybridized carbons (Fsp3) is 1.00. The van der Waals surface area contributed by atoms with E-state index in [9.17, 15) is 0 Å². The van der Waals surface area contributed by atoms with E-state index in [1.165, 1.54) is 19.3 Å². The van der Waals surface area contributed by atoms with Crippen LogP contribution in [0.1, 0.15) is 47.0 Å². The second-order valence-corrected chi connectivity index (χ2v) is 6.52. The number of nitrogens with zero attached hydrogens (tertiary/aromatic N) is 1. The van der Waals surface area contributed by atoms with Crippen LogP contribution in [0.5, 0.6) is 0 Å². The molecule has 0 aromatic rings. The molecule has 15 heavy (non-hydrogen) atoms. The van der Waals surface area contributed by atoms with Crippen LogP contribution >= 0.6 is 0 Å².